The lowest BCUT2D eigenvalue weighted by Gasteiger charge is -2.15. The molecule has 2 nitrogen and oxygen atoms in total. The first-order valence-electron chi connectivity index (χ1n) is 10.6. The van der Waals surface area contributed by atoms with Crippen LogP contribution in [-0.4, -0.2) is 21.6 Å². The molecule has 0 saturated carbocycles. The average Bonchev–Trinajstić information content (AvgIpc) is 3.25. The van der Waals surface area contributed by atoms with Crippen LogP contribution >= 0.6 is 23.5 Å². The Morgan fingerprint density at radius 3 is 1.50 bits per heavy atom. The highest BCUT2D eigenvalue weighted by atomic mass is 32.2. The van der Waals surface area contributed by atoms with Crippen LogP contribution in [0.4, 0.5) is 0 Å². The van der Waals surface area contributed by atoms with Crippen molar-refractivity contribution >= 4 is 33.6 Å². The molecule has 26 heavy (non-hydrogen) atoms. The largest absolute Gasteiger partial charge is 0.248 e. The lowest BCUT2D eigenvalue weighted by atomic mass is 10.0. The Labute approximate surface area is 169 Å². The van der Waals surface area contributed by atoms with Crippen LogP contribution in [0.5, 0.6) is 0 Å². The van der Waals surface area contributed by atoms with Crippen LogP contribution < -0.4 is 0 Å². The zero-order valence-corrected chi connectivity index (χ0v) is 18.7. The van der Waals surface area contributed by atoms with Gasteiger partial charge in [-0.05, 0) is 24.7 Å². The van der Waals surface area contributed by atoms with E-state index in [1.54, 1.807) is 0 Å². The second kappa shape index (κ2) is 12.1. The Morgan fingerprint density at radius 1 is 0.731 bits per heavy atom. The first-order valence-corrected chi connectivity index (χ1v) is 12.5. The third-order valence-electron chi connectivity index (χ3n) is 5.37. The van der Waals surface area contributed by atoms with Crippen molar-refractivity contribution in [1.82, 2.24) is 0 Å². The lowest BCUT2D eigenvalue weighted by Crippen LogP contribution is -2.08. The first-order chi connectivity index (χ1) is 12.7. The summed E-state index contributed by atoms with van der Waals surface area (Å²) in [5.41, 5.74) is 2.54. The van der Waals surface area contributed by atoms with Gasteiger partial charge in [-0.1, -0.05) is 66.2 Å². The fourth-order valence-corrected chi connectivity index (χ4v) is 5.77. The fraction of sp³-hybridized carbons (Fsp3) is 0.727. The van der Waals surface area contributed by atoms with Gasteiger partial charge in [0, 0.05) is 35.1 Å². The summed E-state index contributed by atoms with van der Waals surface area (Å²) in [6, 6.07) is 0. The van der Waals surface area contributed by atoms with Crippen LogP contribution in [0, 0.1) is 11.8 Å². The lowest BCUT2D eigenvalue weighted by molar-refractivity contribution is 0.500. The van der Waals surface area contributed by atoms with E-state index in [2.05, 4.69) is 27.7 Å². The molecule has 2 aliphatic rings. The molecule has 0 aromatic rings. The predicted octanol–water partition coefficient (Wildman–Crippen LogP) is 7.48. The van der Waals surface area contributed by atoms with Gasteiger partial charge < -0.3 is 0 Å². The van der Waals surface area contributed by atoms with Crippen molar-refractivity contribution in [3.63, 3.8) is 0 Å². The summed E-state index contributed by atoms with van der Waals surface area (Å²) in [6.07, 6.45) is 14.6. The van der Waals surface area contributed by atoms with E-state index in [0.717, 1.165) is 11.8 Å². The van der Waals surface area contributed by atoms with Gasteiger partial charge in [0.15, 0.2) is 0 Å². The summed E-state index contributed by atoms with van der Waals surface area (Å²) in [5.74, 6) is 4.00. The number of fused-ring (bicyclic) bond motifs is 1. The number of unbranched alkanes of at least 4 members (excludes halogenated alkanes) is 2. The second-order valence-corrected chi connectivity index (χ2v) is 9.43. The highest BCUT2D eigenvalue weighted by Crippen LogP contribution is 2.36. The minimum atomic E-state index is 0.812. The van der Waals surface area contributed by atoms with Gasteiger partial charge in [0.1, 0.15) is 10.1 Å². The topological polar surface area (TPSA) is 24.7 Å². The van der Waals surface area contributed by atoms with Crippen LogP contribution in [0.2, 0.25) is 0 Å². The molecule has 4 heteroatoms. The number of hydrogen-bond acceptors (Lipinski definition) is 4. The smallest absolute Gasteiger partial charge is 0.106 e. The zero-order chi connectivity index (χ0) is 18.8. The minimum Gasteiger partial charge on any atom is -0.248 e. The molecule has 2 unspecified atom stereocenters. The van der Waals surface area contributed by atoms with E-state index in [1.165, 1.54) is 84.1 Å². The summed E-state index contributed by atoms with van der Waals surface area (Å²) < 4.78 is 0. The van der Waals surface area contributed by atoms with Crippen molar-refractivity contribution < 1.29 is 0 Å². The van der Waals surface area contributed by atoms with E-state index >= 15 is 0 Å². The maximum atomic E-state index is 4.71. The van der Waals surface area contributed by atoms with Gasteiger partial charge in [-0.25, -0.2) is 9.98 Å². The molecule has 2 rings (SSSR count). The molecule has 2 atom stereocenters. The van der Waals surface area contributed by atoms with E-state index in [0.29, 0.717) is 0 Å². The zero-order valence-electron chi connectivity index (χ0n) is 17.1. The SMILES string of the molecule is CCCCC(CC)CSC1=NC=C2C1=CN=C2SCC(CC)CCCC. The minimum absolute atomic E-state index is 0.812. The molecule has 0 bridgehead atoms. The summed E-state index contributed by atoms with van der Waals surface area (Å²) in [4.78, 5) is 9.42. The molecule has 0 aromatic carbocycles. The highest BCUT2D eigenvalue weighted by molar-refractivity contribution is 8.15. The number of hydrogen-bond donors (Lipinski definition) is 0. The monoisotopic (exact) mass is 392 g/mol. The Bertz CT molecular complexity index is 510. The van der Waals surface area contributed by atoms with Gasteiger partial charge in [0.05, 0.1) is 0 Å². The molecule has 0 spiro atoms. The van der Waals surface area contributed by atoms with Gasteiger partial charge in [0.2, 0.25) is 0 Å². The molecule has 0 aromatic heterocycles. The van der Waals surface area contributed by atoms with E-state index in [4.69, 9.17) is 9.98 Å². The van der Waals surface area contributed by atoms with E-state index in [1.807, 2.05) is 35.9 Å². The fourth-order valence-electron chi connectivity index (χ4n) is 3.29. The molecule has 0 aliphatic carbocycles. The standard InChI is InChI=1S/C22H36N2S2/c1-5-9-11-17(7-3)15-25-21-19-13-24-22(20(19)14-23-21)26-16-18(8-4)12-10-6-2/h13-14,17-18H,5-12,15-16H2,1-4H3. The molecule has 0 radical (unpaired) electrons. The number of rotatable bonds is 12. The normalized spacial score (nSPS) is 18.2. The average molecular weight is 393 g/mol. The Kier molecular flexibility index (Phi) is 10.1. The molecule has 0 amide bonds. The third kappa shape index (κ3) is 6.30. The van der Waals surface area contributed by atoms with Crippen molar-refractivity contribution in [2.24, 2.45) is 21.8 Å². The summed E-state index contributed by atoms with van der Waals surface area (Å²) in [6.45, 7) is 9.19. The molecular weight excluding hydrogens is 356 g/mol. The number of aliphatic imine (C=N–C) groups is 2. The molecule has 2 aliphatic heterocycles. The highest BCUT2D eigenvalue weighted by Gasteiger charge is 2.27. The molecule has 0 N–H and O–H groups in total. The second-order valence-electron chi connectivity index (χ2n) is 7.41. The third-order valence-corrected chi connectivity index (χ3v) is 7.84. The van der Waals surface area contributed by atoms with Crippen molar-refractivity contribution in [2.45, 2.75) is 79.1 Å². The molecule has 2 heterocycles. The van der Waals surface area contributed by atoms with Gasteiger partial charge >= 0.3 is 0 Å². The van der Waals surface area contributed by atoms with Crippen molar-refractivity contribution in [3.05, 3.63) is 23.5 Å². The maximum absolute atomic E-state index is 4.71. The molecule has 0 fully saturated rings. The van der Waals surface area contributed by atoms with Crippen molar-refractivity contribution in [2.75, 3.05) is 11.5 Å². The quantitative estimate of drug-likeness (QED) is 0.344. The van der Waals surface area contributed by atoms with Crippen molar-refractivity contribution in [3.8, 4) is 0 Å². The Morgan fingerprint density at radius 2 is 1.15 bits per heavy atom. The van der Waals surface area contributed by atoms with Gasteiger partial charge in [-0.2, -0.15) is 0 Å². The molecule has 146 valence electrons. The molecular formula is C22H36N2S2. The van der Waals surface area contributed by atoms with Crippen LogP contribution in [0.15, 0.2) is 33.5 Å². The number of nitrogens with zero attached hydrogens (tertiary/aromatic N) is 2. The van der Waals surface area contributed by atoms with E-state index in [-0.39, 0.29) is 0 Å². The first kappa shape index (κ1) is 21.8. The summed E-state index contributed by atoms with van der Waals surface area (Å²) in [5, 5.41) is 2.37. The summed E-state index contributed by atoms with van der Waals surface area (Å²) in [7, 11) is 0. The Hall–Kier alpha value is -0.480. The Balaban J connectivity index is 1.78. The number of thioether (sulfide) groups is 2. The molecule has 0 saturated heterocycles. The van der Waals surface area contributed by atoms with Crippen LogP contribution in [0.1, 0.15) is 79.1 Å². The van der Waals surface area contributed by atoms with E-state index < -0.39 is 0 Å². The summed E-state index contributed by atoms with van der Waals surface area (Å²) >= 11 is 3.87. The maximum Gasteiger partial charge on any atom is 0.106 e. The van der Waals surface area contributed by atoms with Crippen molar-refractivity contribution in [1.29, 1.82) is 0 Å². The van der Waals surface area contributed by atoms with Gasteiger partial charge in [-0.15, -0.1) is 23.5 Å². The van der Waals surface area contributed by atoms with Gasteiger partial charge in [0.25, 0.3) is 0 Å². The predicted molar refractivity (Wildman–Crippen MR) is 123 cm³/mol. The van der Waals surface area contributed by atoms with Crippen LogP contribution in [-0.2, 0) is 0 Å². The van der Waals surface area contributed by atoms with Crippen LogP contribution in [0.3, 0.4) is 0 Å². The van der Waals surface area contributed by atoms with Crippen LogP contribution in [0.25, 0.3) is 0 Å². The van der Waals surface area contributed by atoms with Gasteiger partial charge in [-0.3, -0.25) is 0 Å². The van der Waals surface area contributed by atoms with E-state index in [9.17, 15) is 0 Å².